The zero-order valence-electron chi connectivity index (χ0n) is 19.6. The maximum absolute atomic E-state index is 14.0. The highest BCUT2D eigenvalue weighted by molar-refractivity contribution is 5.87. The summed E-state index contributed by atoms with van der Waals surface area (Å²) in [6, 6.07) is 4.96. The predicted molar refractivity (Wildman–Crippen MR) is 122 cm³/mol. The highest BCUT2D eigenvalue weighted by atomic mass is 19.4. The van der Waals surface area contributed by atoms with E-state index in [4.69, 9.17) is 4.74 Å². The lowest BCUT2D eigenvalue weighted by molar-refractivity contribution is -0.137. The van der Waals surface area contributed by atoms with Crippen molar-refractivity contribution >= 4 is 5.78 Å². The second-order valence-electron chi connectivity index (χ2n) is 10.7. The van der Waals surface area contributed by atoms with Gasteiger partial charge in [-0.3, -0.25) is 4.79 Å². The van der Waals surface area contributed by atoms with Gasteiger partial charge in [-0.1, -0.05) is 23.8 Å². The van der Waals surface area contributed by atoms with E-state index in [-0.39, 0.29) is 36.4 Å². The van der Waals surface area contributed by atoms with E-state index in [0.29, 0.717) is 43.5 Å². The summed E-state index contributed by atoms with van der Waals surface area (Å²) in [6.07, 6.45) is 0.945. The van der Waals surface area contributed by atoms with Crippen LogP contribution in [0, 0.1) is 17.8 Å². The van der Waals surface area contributed by atoms with Gasteiger partial charge >= 0.3 is 6.18 Å². The third-order valence-electron chi connectivity index (χ3n) is 8.42. The van der Waals surface area contributed by atoms with Crippen molar-refractivity contribution in [1.29, 1.82) is 0 Å². The Morgan fingerprint density at radius 1 is 1.09 bits per heavy atom. The van der Waals surface area contributed by atoms with E-state index < -0.39 is 30.1 Å². The summed E-state index contributed by atoms with van der Waals surface area (Å²) in [5.74, 6) is 0.354. The summed E-state index contributed by atoms with van der Waals surface area (Å²) >= 11 is 0. The number of nitrogens with one attached hydrogen (secondary N) is 1. The smallest absolute Gasteiger partial charge is 0.390 e. The van der Waals surface area contributed by atoms with Crippen LogP contribution >= 0.6 is 0 Å². The number of aliphatic hydroxyl groups excluding tert-OH is 1. The third-order valence-corrected chi connectivity index (χ3v) is 8.42. The molecule has 0 radical (unpaired) electrons. The number of ether oxygens (including phenoxy) is 1. The standard InChI is InChI=1S/C27H33F4NO3/c28-19-6-8-20-22(13-19)32-25-17(5-7-21(25)26(20)34)10-15-4-9-24(23(33)12-15)35-14-16-2-1-3-18(11-16)27(29,30)31/h1-3,10-11,15,19-25,32-33H,4-9,12-14H2/b17-10+. The lowest BCUT2D eigenvalue weighted by Gasteiger charge is -2.42. The predicted octanol–water partition coefficient (Wildman–Crippen LogP) is 5.14. The SMILES string of the molecule is O=C1C2CCC(F)CC2NC2/C(=C/C3CCC(OCc4cccc(C(F)(F)F)c4)C(O)C3)CCC12. The van der Waals surface area contributed by atoms with E-state index in [0.717, 1.165) is 31.4 Å². The lowest BCUT2D eigenvalue weighted by Crippen LogP contribution is -2.58. The number of aliphatic hydroxyl groups is 1. The molecule has 1 saturated heterocycles. The van der Waals surface area contributed by atoms with Gasteiger partial charge in [0.15, 0.2) is 0 Å². The van der Waals surface area contributed by atoms with Crippen molar-refractivity contribution in [3.8, 4) is 0 Å². The average molecular weight is 496 g/mol. The van der Waals surface area contributed by atoms with Crippen LogP contribution in [0.4, 0.5) is 17.6 Å². The summed E-state index contributed by atoms with van der Waals surface area (Å²) in [5, 5.41) is 14.3. The van der Waals surface area contributed by atoms with Crippen LogP contribution in [-0.4, -0.2) is 41.4 Å². The Hall–Kier alpha value is -1.77. The van der Waals surface area contributed by atoms with Gasteiger partial charge in [0.2, 0.25) is 0 Å². The number of alkyl halides is 4. The van der Waals surface area contributed by atoms with Crippen molar-refractivity contribution in [3.05, 3.63) is 47.0 Å². The molecule has 192 valence electrons. The van der Waals surface area contributed by atoms with Crippen LogP contribution in [0.25, 0.3) is 0 Å². The largest absolute Gasteiger partial charge is 0.416 e. The monoisotopic (exact) mass is 495 g/mol. The lowest BCUT2D eigenvalue weighted by atomic mass is 9.72. The van der Waals surface area contributed by atoms with Gasteiger partial charge in [0.1, 0.15) is 12.0 Å². The quantitative estimate of drug-likeness (QED) is 0.449. The number of carbonyl (C=O) groups is 1. The number of hydrogen-bond acceptors (Lipinski definition) is 4. The maximum Gasteiger partial charge on any atom is 0.416 e. The Morgan fingerprint density at radius 3 is 2.69 bits per heavy atom. The first kappa shape index (κ1) is 24.9. The number of piperidine rings is 1. The van der Waals surface area contributed by atoms with Gasteiger partial charge in [-0.15, -0.1) is 0 Å². The van der Waals surface area contributed by atoms with Crippen LogP contribution in [0.15, 0.2) is 35.9 Å². The first-order valence-electron chi connectivity index (χ1n) is 12.8. The minimum Gasteiger partial charge on any atom is -0.390 e. The fraction of sp³-hybridized carbons (Fsp3) is 0.667. The van der Waals surface area contributed by atoms with Crippen molar-refractivity contribution in [2.24, 2.45) is 17.8 Å². The van der Waals surface area contributed by atoms with Gasteiger partial charge < -0.3 is 15.2 Å². The summed E-state index contributed by atoms with van der Waals surface area (Å²) in [5.41, 5.74) is 0.918. The fourth-order valence-corrected chi connectivity index (χ4v) is 6.61. The molecule has 0 aromatic heterocycles. The second-order valence-corrected chi connectivity index (χ2v) is 10.7. The van der Waals surface area contributed by atoms with Crippen molar-refractivity contribution in [1.82, 2.24) is 5.32 Å². The Kier molecular flexibility index (Phi) is 7.07. The molecule has 1 aromatic carbocycles. The molecular weight excluding hydrogens is 462 g/mol. The zero-order chi connectivity index (χ0) is 24.7. The Morgan fingerprint density at radius 2 is 1.91 bits per heavy atom. The summed E-state index contributed by atoms with van der Waals surface area (Å²) in [6.45, 7) is 0.0192. The number of rotatable bonds is 4. The molecule has 1 aliphatic heterocycles. The molecule has 4 nitrogen and oxygen atoms in total. The van der Waals surface area contributed by atoms with Gasteiger partial charge in [-0.25, -0.2) is 4.39 Å². The number of hydrogen-bond donors (Lipinski definition) is 2. The first-order valence-corrected chi connectivity index (χ1v) is 12.8. The topological polar surface area (TPSA) is 58.6 Å². The molecule has 4 aliphatic rings. The van der Waals surface area contributed by atoms with Gasteiger partial charge in [0, 0.05) is 23.9 Å². The molecular formula is C27H33F4NO3. The Balaban J connectivity index is 1.17. The van der Waals surface area contributed by atoms with E-state index in [1.165, 1.54) is 11.6 Å². The molecule has 1 aromatic rings. The number of fused-ring (bicyclic) bond motifs is 2. The Labute approximate surface area is 203 Å². The van der Waals surface area contributed by atoms with Crippen molar-refractivity contribution in [3.63, 3.8) is 0 Å². The Bertz CT molecular complexity index is 964. The van der Waals surface area contributed by atoms with E-state index >= 15 is 0 Å². The van der Waals surface area contributed by atoms with Crippen LogP contribution in [0.2, 0.25) is 0 Å². The minimum atomic E-state index is -4.40. The van der Waals surface area contributed by atoms with Gasteiger partial charge in [-0.05, 0) is 75.0 Å². The van der Waals surface area contributed by atoms with Gasteiger partial charge in [-0.2, -0.15) is 13.2 Å². The normalized spacial score (nSPS) is 38.9. The molecule has 8 heteroatoms. The minimum absolute atomic E-state index is 0.0192. The maximum atomic E-state index is 14.0. The molecule has 1 heterocycles. The highest BCUT2D eigenvalue weighted by Crippen LogP contribution is 2.43. The number of Topliss-reactive ketones (excluding diaryl/α,β-unsaturated/α-hetero) is 1. The van der Waals surface area contributed by atoms with E-state index in [1.54, 1.807) is 6.07 Å². The fourth-order valence-electron chi connectivity index (χ4n) is 6.61. The molecule has 8 atom stereocenters. The number of allylic oxidation sites excluding steroid dienone is 1. The van der Waals surface area contributed by atoms with E-state index in [9.17, 15) is 27.5 Å². The molecule has 0 spiro atoms. The summed E-state index contributed by atoms with van der Waals surface area (Å²) in [7, 11) is 0. The molecule has 4 fully saturated rings. The highest BCUT2D eigenvalue weighted by Gasteiger charge is 2.49. The molecule has 35 heavy (non-hydrogen) atoms. The van der Waals surface area contributed by atoms with Crippen molar-refractivity contribution in [2.75, 3.05) is 0 Å². The van der Waals surface area contributed by atoms with Crippen LogP contribution in [0.5, 0.6) is 0 Å². The average Bonchev–Trinajstić information content (AvgIpc) is 3.21. The number of benzene rings is 1. The van der Waals surface area contributed by atoms with Crippen LogP contribution in [0.1, 0.15) is 62.5 Å². The number of carbonyl (C=O) groups excluding carboxylic acids is 1. The second kappa shape index (κ2) is 9.94. The van der Waals surface area contributed by atoms with Crippen molar-refractivity contribution < 1.29 is 32.2 Å². The molecule has 0 amide bonds. The van der Waals surface area contributed by atoms with Crippen LogP contribution in [0.3, 0.4) is 0 Å². The molecule has 5 rings (SSSR count). The molecule has 8 unspecified atom stereocenters. The van der Waals surface area contributed by atoms with Crippen molar-refractivity contribution in [2.45, 2.75) is 94.6 Å². The zero-order valence-corrected chi connectivity index (χ0v) is 19.6. The van der Waals surface area contributed by atoms with E-state index in [2.05, 4.69) is 11.4 Å². The molecule has 2 N–H and O–H groups in total. The molecule has 0 bridgehead atoms. The number of halogens is 4. The van der Waals surface area contributed by atoms with E-state index in [1.807, 2.05) is 0 Å². The third kappa shape index (κ3) is 5.35. The summed E-state index contributed by atoms with van der Waals surface area (Å²) in [4.78, 5) is 13.0. The molecule has 3 saturated carbocycles. The summed E-state index contributed by atoms with van der Waals surface area (Å²) < 4.78 is 58.6. The van der Waals surface area contributed by atoms with Gasteiger partial charge in [0.05, 0.1) is 24.4 Å². The van der Waals surface area contributed by atoms with Crippen LogP contribution < -0.4 is 5.32 Å². The first-order chi connectivity index (χ1) is 16.7. The molecule has 3 aliphatic carbocycles. The van der Waals surface area contributed by atoms with Gasteiger partial charge in [0.25, 0.3) is 0 Å². The van der Waals surface area contributed by atoms with Crippen LogP contribution in [-0.2, 0) is 22.3 Å². The number of ketones is 1.